The van der Waals surface area contributed by atoms with Gasteiger partial charge >= 0.3 is 12.1 Å². The third-order valence-electron chi connectivity index (χ3n) is 7.21. The van der Waals surface area contributed by atoms with E-state index in [1.54, 1.807) is 41.5 Å². The Morgan fingerprint density at radius 3 is 1.82 bits per heavy atom. The molecule has 2 aromatic carbocycles. The van der Waals surface area contributed by atoms with Crippen molar-refractivity contribution >= 4 is 24.3 Å². The molecule has 0 saturated carbocycles. The molecule has 0 N–H and O–H groups in total. The molecule has 0 bridgehead atoms. The number of aryl methyl sites for hydroxylation is 2. The highest BCUT2D eigenvalue weighted by molar-refractivity contribution is 5.82. The molecular formula is C40H65N3O6. The van der Waals surface area contributed by atoms with Gasteiger partial charge in [-0.05, 0) is 99.3 Å². The van der Waals surface area contributed by atoms with Crippen LogP contribution in [0.5, 0.6) is 0 Å². The van der Waals surface area contributed by atoms with Gasteiger partial charge < -0.3 is 24.1 Å². The van der Waals surface area contributed by atoms with E-state index in [0.29, 0.717) is 31.6 Å². The Kier molecular flexibility index (Phi) is 21.1. The number of hydrogen-bond donors (Lipinski definition) is 0. The van der Waals surface area contributed by atoms with Gasteiger partial charge in [0.05, 0.1) is 12.6 Å². The zero-order valence-electron chi connectivity index (χ0n) is 31.2. The topological polar surface area (TPSA) is 96.5 Å². The number of carbonyl (C=O) groups is 4. The highest BCUT2D eigenvalue weighted by Crippen LogP contribution is 2.17. The Balaban J connectivity index is 0.00000254. The summed E-state index contributed by atoms with van der Waals surface area (Å²) in [4.78, 5) is 56.4. The lowest BCUT2D eigenvalue weighted by Crippen LogP contribution is -2.52. The van der Waals surface area contributed by atoms with Gasteiger partial charge in [0.2, 0.25) is 5.91 Å². The van der Waals surface area contributed by atoms with Crippen LogP contribution in [0.3, 0.4) is 0 Å². The number of hydrogen-bond acceptors (Lipinski definition) is 7. The zero-order chi connectivity index (χ0) is 36.3. The summed E-state index contributed by atoms with van der Waals surface area (Å²) in [5.74, 6) is -0.209. The van der Waals surface area contributed by atoms with E-state index in [9.17, 15) is 19.2 Å². The average Bonchev–Trinajstić information content (AvgIpc) is 2.98. The Morgan fingerprint density at radius 1 is 0.816 bits per heavy atom. The monoisotopic (exact) mass is 683 g/mol. The number of esters is 1. The summed E-state index contributed by atoms with van der Waals surface area (Å²) in [5.41, 5.74) is 0.854. The molecule has 0 aromatic heterocycles. The van der Waals surface area contributed by atoms with Crippen LogP contribution < -0.4 is 0 Å². The van der Waals surface area contributed by atoms with Gasteiger partial charge in [-0.2, -0.15) is 0 Å². The average molecular weight is 684 g/mol. The zero-order valence-corrected chi connectivity index (χ0v) is 31.2. The Bertz CT molecular complexity index is 1220. The summed E-state index contributed by atoms with van der Waals surface area (Å²) in [5, 5.41) is 0. The van der Waals surface area contributed by atoms with Crippen LogP contribution in [-0.4, -0.2) is 96.0 Å². The summed E-state index contributed by atoms with van der Waals surface area (Å²) in [6.45, 7) is 18.2. The molecule has 9 nitrogen and oxygen atoms in total. The fourth-order valence-corrected chi connectivity index (χ4v) is 4.71. The molecule has 0 fully saturated rings. The number of nitrogens with zero attached hydrogens (tertiary/aromatic N) is 3. The molecule has 0 spiro atoms. The third-order valence-corrected chi connectivity index (χ3v) is 7.21. The van der Waals surface area contributed by atoms with Crippen molar-refractivity contribution in [3.63, 3.8) is 0 Å². The van der Waals surface area contributed by atoms with E-state index >= 15 is 0 Å². The van der Waals surface area contributed by atoms with Gasteiger partial charge in [0.15, 0.2) is 0 Å². The van der Waals surface area contributed by atoms with Crippen LogP contribution in [0.1, 0.15) is 93.2 Å². The first-order valence-corrected chi connectivity index (χ1v) is 17.1. The smallest absolute Gasteiger partial charge is 0.410 e. The summed E-state index contributed by atoms with van der Waals surface area (Å²) in [6.07, 6.45) is 2.24. The van der Waals surface area contributed by atoms with Gasteiger partial charge in [-0.15, -0.1) is 0 Å². The number of ether oxygens (including phenoxy) is 2. The lowest BCUT2D eigenvalue weighted by atomic mass is 10.1. The van der Waals surface area contributed by atoms with E-state index in [-0.39, 0.29) is 39.4 Å². The predicted octanol–water partition coefficient (Wildman–Crippen LogP) is 7.59. The predicted molar refractivity (Wildman–Crippen MR) is 199 cm³/mol. The van der Waals surface area contributed by atoms with Crippen molar-refractivity contribution < 1.29 is 28.7 Å². The van der Waals surface area contributed by atoms with Crippen LogP contribution in [0, 0.1) is 12.8 Å². The summed E-state index contributed by atoms with van der Waals surface area (Å²) >= 11 is 0. The van der Waals surface area contributed by atoms with Crippen molar-refractivity contribution in [2.75, 3.05) is 39.8 Å². The molecule has 0 saturated heterocycles. The minimum absolute atomic E-state index is 0. The van der Waals surface area contributed by atoms with Crippen LogP contribution >= 0.6 is 0 Å². The fourth-order valence-electron chi connectivity index (χ4n) is 4.71. The van der Waals surface area contributed by atoms with Crippen molar-refractivity contribution in [2.45, 2.75) is 113 Å². The van der Waals surface area contributed by atoms with Crippen molar-refractivity contribution in [3.05, 3.63) is 71.8 Å². The number of aldehydes is 1. The Labute approximate surface area is 297 Å². The molecule has 0 aliphatic carbocycles. The molecule has 2 amide bonds. The number of benzene rings is 2. The van der Waals surface area contributed by atoms with E-state index in [2.05, 4.69) is 37.8 Å². The maximum atomic E-state index is 13.6. The molecule has 0 radical (unpaired) electrons. The number of rotatable bonds is 16. The number of amides is 2. The molecule has 9 heteroatoms. The van der Waals surface area contributed by atoms with Crippen LogP contribution in [0.4, 0.5) is 4.79 Å². The largest absolute Gasteiger partial charge is 0.459 e. The minimum atomic E-state index is -0.765. The fraction of sp³-hybridized carbons (Fsp3) is 0.600. The van der Waals surface area contributed by atoms with Gasteiger partial charge in [0, 0.05) is 13.0 Å². The van der Waals surface area contributed by atoms with Gasteiger partial charge in [-0.25, -0.2) is 4.79 Å². The maximum absolute atomic E-state index is 13.6. The van der Waals surface area contributed by atoms with Gasteiger partial charge in [-0.3, -0.25) is 14.5 Å². The van der Waals surface area contributed by atoms with E-state index in [0.717, 1.165) is 18.5 Å². The first-order chi connectivity index (χ1) is 22.4. The highest BCUT2D eigenvalue weighted by atomic mass is 16.6. The van der Waals surface area contributed by atoms with Crippen LogP contribution in [0.2, 0.25) is 0 Å². The van der Waals surface area contributed by atoms with Crippen molar-refractivity contribution in [2.24, 2.45) is 5.92 Å². The van der Waals surface area contributed by atoms with E-state index in [1.165, 1.54) is 15.4 Å². The first kappa shape index (κ1) is 45.3. The van der Waals surface area contributed by atoms with Crippen molar-refractivity contribution in [1.29, 1.82) is 0 Å². The molecular weight excluding hydrogens is 618 g/mol. The summed E-state index contributed by atoms with van der Waals surface area (Å²) < 4.78 is 11.2. The molecule has 0 aliphatic heterocycles. The Morgan fingerprint density at radius 2 is 1.35 bits per heavy atom. The highest BCUT2D eigenvalue weighted by Gasteiger charge is 2.32. The van der Waals surface area contributed by atoms with E-state index in [1.807, 2.05) is 55.6 Å². The molecule has 0 aliphatic rings. The Hall–Kier alpha value is -3.72. The minimum Gasteiger partial charge on any atom is -0.459 e. The maximum Gasteiger partial charge on any atom is 0.410 e. The lowest BCUT2D eigenvalue weighted by Gasteiger charge is -2.36. The normalized spacial score (nSPS) is 11.8. The molecule has 1 unspecified atom stereocenters. The molecule has 276 valence electrons. The lowest BCUT2D eigenvalue weighted by molar-refractivity contribution is -0.159. The molecule has 1 atom stereocenters. The van der Waals surface area contributed by atoms with Crippen LogP contribution in [0.25, 0.3) is 0 Å². The number of carbonyl (C=O) groups excluding carboxylic acids is 4. The SMILES string of the molecule is C.CC(C)CCN(C)CCC(CN(CC(=O)OC(C)(C)C)C(=O)CCc1ccccc1)N(CC=O)C(=O)OC(C)(C)C.Cc1ccccc1. The first-order valence-electron chi connectivity index (χ1n) is 17.1. The van der Waals surface area contributed by atoms with Gasteiger partial charge in [0.25, 0.3) is 0 Å². The third kappa shape index (κ3) is 21.8. The summed E-state index contributed by atoms with van der Waals surface area (Å²) in [6, 6.07) is 19.4. The van der Waals surface area contributed by atoms with E-state index in [4.69, 9.17) is 9.47 Å². The molecule has 2 rings (SSSR count). The second-order valence-electron chi connectivity index (χ2n) is 14.7. The van der Waals surface area contributed by atoms with Gasteiger partial charge in [0.1, 0.15) is 24.0 Å². The van der Waals surface area contributed by atoms with Crippen LogP contribution in [-0.2, 0) is 30.3 Å². The van der Waals surface area contributed by atoms with E-state index < -0.39 is 29.3 Å². The molecule has 49 heavy (non-hydrogen) atoms. The summed E-state index contributed by atoms with van der Waals surface area (Å²) in [7, 11) is 2.01. The van der Waals surface area contributed by atoms with Crippen molar-refractivity contribution in [1.82, 2.24) is 14.7 Å². The van der Waals surface area contributed by atoms with Crippen molar-refractivity contribution in [3.8, 4) is 0 Å². The molecule has 0 heterocycles. The quantitative estimate of drug-likeness (QED) is 0.133. The second kappa shape index (κ2) is 22.8. The van der Waals surface area contributed by atoms with Gasteiger partial charge in [-0.1, -0.05) is 87.5 Å². The second-order valence-corrected chi connectivity index (χ2v) is 14.7. The standard InChI is InChI=1S/C32H53N3O6.C7H8.CH4/c1-25(2)17-19-33(9)20-18-27(35(21-22-36)30(39)41-32(6,7)8)23-34(24-29(38)40-31(3,4)5)28(37)16-15-26-13-11-10-12-14-26;1-7-5-3-2-4-6-7;/h10-14,22,25,27H,15-21,23-24H2,1-9H3;2-6H,1H3;1H4. The molecule has 2 aromatic rings. The van der Waals surface area contributed by atoms with Crippen LogP contribution in [0.15, 0.2) is 60.7 Å².